The number of aromatic nitrogens is 2. The van der Waals surface area contributed by atoms with Gasteiger partial charge in [0.15, 0.2) is 9.84 Å². The number of sulfone groups is 1. The normalized spacial score (nSPS) is 18.6. The molecule has 4 rings (SSSR count). The Hall–Kier alpha value is -1.64. The molecule has 0 radical (unpaired) electrons. The van der Waals surface area contributed by atoms with E-state index in [0.717, 1.165) is 21.9 Å². The zero-order valence-corrected chi connectivity index (χ0v) is 18.6. The number of aryl methyl sites for hydroxylation is 2. The Morgan fingerprint density at radius 1 is 1.21 bits per heavy atom. The van der Waals surface area contributed by atoms with E-state index >= 15 is 0 Å². The van der Waals surface area contributed by atoms with Crippen LogP contribution in [0.2, 0.25) is 0 Å². The van der Waals surface area contributed by atoms with E-state index in [2.05, 4.69) is 30.9 Å². The van der Waals surface area contributed by atoms with Gasteiger partial charge >= 0.3 is 0 Å². The lowest BCUT2D eigenvalue weighted by atomic mass is 10.1. The number of thiophene rings is 1. The average molecular weight is 434 g/mol. The zero-order valence-electron chi connectivity index (χ0n) is 16.2. The first-order valence-corrected chi connectivity index (χ1v) is 12.8. The third kappa shape index (κ3) is 3.90. The molecular weight excluding hydrogens is 410 g/mol. The average Bonchev–Trinajstić information content (AvgIpc) is 3.18. The van der Waals surface area contributed by atoms with Crippen molar-refractivity contribution in [3.63, 3.8) is 0 Å². The second kappa shape index (κ2) is 7.65. The van der Waals surface area contributed by atoms with Gasteiger partial charge in [-0.1, -0.05) is 18.2 Å². The van der Waals surface area contributed by atoms with Crippen LogP contribution in [0.1, 0.15) is 22.7 Å². The van der Waals surface area contributed by atoms with Crippen molar-refractivity contribution in [2.75, 3.05) is 23.5 Å². The largest absolute Gasteiger partial charge is 0.355 e. The molecule has 5 nitrogen and oxygen atoms in total. The Morgan fingerprint density at radius 3 is 2.64 bits per heavy atom. The minimum absolute atomic E-state index is 0.0302. The summed E-state index contributed by atoms with van der Waals surface area (Å²) in [6.07, 6.45) is 0.653. The van der Waals surface area contributed by atoms with Gasteiger partial charge in [0, 0.05) is 22.9 Å². The molecule has 1 unspecified atom stereocenters. The molecule has 148 valence electrons. The van der Waals surface area contributed by atoms with Gasteiger partial charge in [0.05, 0.1) is 22.6 Å². The summed E-state index contributed by atoms with van der Waals surface area (Å²) in [7, 11) is -0.984. The first-order valence-electron chi connectivity index (χ1n) is 9.22. The van der Waals surface area contributed by atoms with Gasteiger partial charge in [-0.15, -0.1) is 23.1 Å². The second-order valence-electron chi connectivity index (χ2n) is 7.20. The molecule has 1 saturated heterocycles. The lowest BCUT2D eigenvalue weighted by Gasteiger charge is -2.25. The monoisotopic (exact) mass is 433 g/mol. The van der Waals surface area contributed by atoms with Crippen LogP contribution in [-0.4, -0.2) is 43.0 Å². The van der Waals surface area contributed by atoms with Crippen molar-refractivity contribution in [2.24, 2.45) is 0 Å². The van der Waals surface area contributed by atoms with Gasteiger partial charge in [0.2, 0.25) is 0 Å². The van der Waals surface area contributed by atoms with Crippen LogP contribution in [0.15, 0.2) is 35.2 Å². The number of fused-ring (bicyclic) bond motifs is 1. The molecule has 8 heteroatoms. The highest BCUT2D eigenvalue weighted by Gasteiger charge is 2.32. The molecule has 0 amide bonds. The molecule has 0 bridgehead atoms. The minimum atomic E-state index is -2.95. The third-order valence-electron chi connectivity index (χ3n) is 5.26. The van der Waals surface area contributed by atoms with E-state index in [4.69, 9.17) is 9.97 Å². The summed E-state index contributed by atoms with van der Waals surface area (Å²) in [5.41, 5.74) is 1.19. The van der Waals surface area contributed by atoms with Gasteiger partial charge in [-0.2, -0.15) is 0 Å². The standard InChI is InChI=1S/C20H23N3O2S3/c1-13-14(2)27-20-18(13)19(23(3)15-9-10-28(24,25)12-15)21-17(22-20)11-26-16-7-5-4-6-8-16/h4-8,15H,9-12H2,1-3H3. The Kier molecular flexibility index (Phi) is 5.37. The fourth-order valence-corrected chi connectivity index (χ4v) is 7.10. The number of nitrogens with zero attached hydrogens (tertiary/aromatic N) is 3. The highest BCUT2D eigenvalue weighted by molar-refractivity contribution is 7.98. The zero-order chi connectivity index (χ0) is 19.9. The Labute approximate surface area is 174 Å². The number of hydrogen-bond acceptors (Lipinski definition) is 7. The van der Waals surface area contributed by atoms with Crippen LogP contribution in [0.4, 0.5) is 5.82 Å². The van der Waals surface area contributed by atoms with Gasteiger partial charge in [-0.25, -0.2) is 18.4 Å². The molecule has 1 aliphatic heterocycles. The lowest BCUT2D eigenvalue weighted by Crippen LogP contribution is -2.33. The molecule has 3 heterocycles. The van der Waals surface area contributed by atoms with Crippen LogP contribution >= 0.6 is 23.1 Å². The second-order valence-corrected chi connectivity index (χ2v) is 11.7. The fraction of sp³-hybridized carbons (Fsp3) is 0.400. The highest BCUT2D eigenvalue weighted by atomic mass is 32.2. The Balaban J connectivity index is 1.71. The van der Waals surface area contributed by atoms with Gasteiger partial charge in [-0.05, 0) is 38.0 Å². The quantitative estimate of drug-likeness (QED) is 0.561. The molecule has 1 aromatic carbocycles. The van der Waals surface area contributed by atoms with E-state index in [0.29, 0.717) is 12.2 Å². The molecule has 0 aliphatic carbocycles. The smallest absolute Gasteiger partial charge is 0.152 e. The molecule has 3 aromatic rings. The van der Waals surface area contributed by atoms with Crippen LogP contribution < -0.4 is 4.90 Å². The molecule has 0 N–H and O–H groups in total. The number of thioether (sulfide) groups is 1. The van der Waals surface area contributed by atoms with Crippen molar-refractivity contribution < 1.29 is 8.42 Å². The maximum Gasteiger partial charge on any atom is 0.152 e. The summed E-state index contributed by atoms with van der Waals surface area (Å²) in [4.78, 5) is 15.2. The van der Waals surface area contributed by atoms with Crippen molar-refractivity contribution in [3.8, 4) is 0 Å². The van der Waals surface area contributed by atoms with Gasteiger partial charge < -0.3 is 4.90 Å². The lowest BCUT2D eigenvalue weighted by molar-refractivity contribution is 0.600. The molecule has 1 atom stereocenters. The number of rotatable bonds is 5. The van der Waals surface area contributed by atoms with Crippen LogP contribution in [0.3, 0.4) is 0 Å². The minimum Gasteiger partial charge on any atom is -0.355 e. The van der Waals surface area contributed by atoms with E-state index in [1.54, 1.807) is 23.1 Å². The van der Waals surface area contributed by atoms with E-state index in [1.165, 1.54) is 15.3 Å². The molecular formula is C20H23N3O2S3. The molecule has 0 spiro atoms. The first-order chi connectivity index (χ1) is 13.3. The fourth-order valence-electron chi connectivity index (χ4n) is 3.51. The predicted octanol–water partition coefficient (Wildman–Crippen LogP) is 4.22. The molecule has 2 aromatic heterocycles. The number of hydrogen-bond donors (Lipinski definition) is 0. The Morgan fingerprint density at radius 2 is 1.96 bits per heavy atom. The molecule has 1 aliphatic rings. The summed E-state index contributed by atoms with van der Waals surface area (Å²) < 4.78 is 24.0. The van der Waals surface area contributed by atoms with E-state index < -0.39 is 9.84 Å². The van der Waals surface area contributed by atoms with Gasteiger partial charge in [0.1, 0.15) is 16.5 Å². The summed E-state index contributed by atoms with van der Waals surface area (Å²) in [5, 5.41) is 1.06. The van der Waals surface area contributed by atoms with Crippen molar-refractivity contribution in [1.29, 1.82) is 0 Å². The summed E-state index contributed by atoms with van der Waals surface area (Å²) in [5.74, 6) is 2.78. The Bertz CT molecular complexity index is 1110. The van der Waals surface area contributed by atoms with Crippen molar-refractivity contribution in [1.82, 2.24) is 9.97 Å². The van der Waals surface area contributed by atoms with E-state index in [-0.39, 0.29) is 17.5 Å². The van der Waals surface area contributed by atoms with Crippen molar-refractivity contribution in [2.45, 2.75) is 37.0 Å². The highest BCUT2D eigenvalue weighted by Crippen LogP contribution is 2.37. The third-order valence-corrected chi connectivity index (χ3v) is 9.12. The molecule has 28 heavy (non-hydrogen) atoms. The van der Waals surface area contributed by atoms with Crippen molar-refractivity contribution >= 4 is 49.0 Å². The number of benzene rings is 1. The van der Waals surface area contributed by atoms with E-state index in [1.807, 2.05) is 25.2 Å². The maximum atomic E-state index is 12.0. The molecule has 0 saturated carbocycles. The summed E-state index contributed by atoms with van der Waals surface area (Å²) in [6, 6.07) is 10.2. The maximum absolute atomic E-state index is 12.0. The van der Waals surface area contributed by atoms with Crippen LogP contribution in [0, 0.1) is 13.8 Å². The van der Waals surface area contributed by atoms with Crippen LogP contribution in [0.25, 0.3) is 10.2 Å². The number of anilines is 1. The molecule has 1 fully saturated rings. The predicted molar refractivity (Wildman–Crippen MR) is 118 cm³/mol. The van der Waals surface area contributed by atoms with Gasteiger partial charge in [-0.3, -0.25) is 0 Å². The first kappa shape index (κ1) is 19.7. The van der Waals surface area contributed by atoms with E-state index in [9.17, 15) is 8.42 Å². The summed E-state index contributed by atoms with van der Waals surface area (Å²) >= 11 is 3.39. The van der Waals surface area contributed by atoms with Crippen LogP contribution in [0.5, 0.6) is 0 Å². The van der Waals surface area contributed by atoms with Crippen LogP contribution in [-0.2, 0) is 15.6 Å². The van der Waals surface area contributed by atoms with Gasteiger partial charge in [0.25, 0.3) is 0 Å². The van der Waals surface area contributed by atoms with Crippen molar-refractivity contribution in [3.05, 3.63) is 46.6 Å². The summed E-state index contributed by atoms with van der Waals surface area (Å²) in [6.45, 7) is 4.20. The topological polar surface area (TPSA) is 63.2 Å². The SMILES string of the molecule is Cc1sc2nc(CSc3ccccc3)nc(N(C)C3CCS(=O)(=O)C3)c2c1C.